The van der Waals surface area contributed by atoms with Gasteiger partial charge in [0, 0.05) is 25.8 Å². The van der Waals surface area contributed by atoms with Gasteiger partial charge in [-0.05, 0) is 17.7 Å². The number of hydrogen-bond acceptors (Lipinski definition) is 4. The van der Waals surface area contributed by atoms with Crippen molar-refractivity contribution in [1.82, 2.24) is 10.6 Å². The molecule has 19 heavy (non-hydrogen) atoms. The van der Waals surface area contributed by atoms with Crippen molar-refractivity contribution in [2.45, 2.75) is 6.54 Å². The monoisotopic (exact) mass is 266 g/mol. The minimum absolute atomic E-state index is 0.149. The van der Waals surface area contributed by atoms with Gasteiger partial charge in [0.1, 0.15) is 0 Å². The van der Waals surface area contributed by atoms with E-state index in [0.29, 0.717) is 25.3 Å². The van der Waals surface area contributed by atoms with Gasteiger partial charge < -0.3 is 20.1 Å². The highest BCUT2D eigenvalue weighted by Crippen LogP contribution is 2.04. The van der Waals surface area contributed by atoms with E-state index in [1.54, 1.807) is 31.4 Å². The van der Waals surface area contributed by atoms with Crippen molar-refractivity contribution in [3.63, 3.8) is 0 Å². The summed E-state index contributed by atoms with van der Waals surface area (Å²) in [5.41, 5.74) is 1.46. The van der Waals surface area contributed by atoms with Gasteiger partial charge >= 0.3 is 6.09 Å². The van der Waals surface area contributed by atoms with Crippen LogP contribution in [0.2, 0.25) is 0 Å². The number of benzene rings is 1. The van der Waals surface area contributed by atoms with Crippen LogP contribution in [0.5, 0.6) is 0 Å². The molecule has 0 saturated carbocycles. The molecule has 2 N–H and O–H groups in total. The van der Waals surface area contributed by atoms with Crippen LogP contribution in [0, 0.1) is 0 Å². The maximum atomic E-state index is 11.7. The molecule has 0 unspecified atom stereocenters. The molecule has 0 aliphatic rings. The Kier molecular flexibility index (Phi) is 6.38. The maximum Gasteiger partial charge on any atom is 0.407 e. The van der Waals surface area contributed by atoms with Gasteiger partial charge in [0.15, 0.2) is 0 Å². The summed E-state index contributed by atoms with van der Waals surface area (Å²) in [6.45, 7) is 1.31. The summed E-state index contributed by atoms with van der Waals surface area (Å²) in [4.78, 5) is 22.6. The van der Waals surface area contributed by atoms with Crippen LogP contribution < -0.4 is 10.6 Å². The lowest BCUT2D eigenvalue weighted by Gasteiger charge is -2.06. The van der Waals surface area contributed by atoms with Crippen LogP contribution in [0.3, 0.4) is 0 Å². The molecular formula is C13H18N2O4. The smallest absolute Gasteiger partial charge is 0.407 e. The van der Waals surface area contributed by atoms with Crippen molar-refractivity contribution in [3.8, 4) is 0 Å². The molecule has 1 rings (SSSR count). The van der Waals surface area contributed by atoms with Crippen molar-refractivity contribution in [2.75, 3.05) is 27.4 Å². The van der Waals surface area contributed by atoms with Gasteiger partial charge in [0.2, 0.25) is 0 Å². The molecule has 0 bridgehead atoms. The van der Waals surface area contributed by atoms with Gasteiger partial charge in [-0.2, -0.15) is 0 Å². The Morgan fingerprint density at radius 2 is 1.79 bits per heavy atom. The predicted molar refractivity (Wildman–Crippen MR) is 69.9 cm³/mol. The first-order chi connectivity index (χ1) is 9.17. The number of nitrogens with one attached hydrogen (secondary N) is 2. The summed E-state index contributed by atoms with van der Waals surface area (Å²) in [6.07, 6.45) is -0.485. The second kappa shape index (κ2) is 8.10. The first kappa shape index (κ1) is 15.0. The normalized spacial score (nSPS) is 9.79. The van der Waals surface area contributed by atoms with Gasteiger partial charge in [-0.1, -0.05) is 12.1 Å². The zero-order chi connectivity index (χ0) is 14.1. The Hall–Kier alpha value is -2.08. The van der Waals surface area contributed by atoms with E-state index in [0.717, 1.165) is 5.56 Å². The Bertz CT molecular complexity index is 417. The SMILES string of the molecule is COCCNC(=O)c1ccc(CNC(=O)OC)cc1. The summed E-state index contributed by atoms with van der Waals surface area (Å²) in [5.74, 6) is -0.149. The molecule has 104 valence electrons. The van der Waals surface area contributed by atoms with E-state index >= 15 is 0 Å². The molecule has 6 nitrogen and oxygen atoms in total. The highest BCUT2D eigenvalue weighted by molar-refractivity contribution is 5.94. The van der Waals surface area contributed by atoms with Crippen LogP contribution in [-0.4, -0.2) is 39.4 Å². The maximum absolute atomic E-state index is 11.7. The second-order valence-corrected chi connectivity index (χ2v) is 3.79. The molecular weight excluding hydrogens is 248 g/mol. The van der Waals surface area contributed by atoms with Gasteiger partial charge in [-0.25, -0.2) is 4.79 Å². The average Bonchev–Trinajstić information content (AvgIpc) is 2.45. The second-order valence-electron chi connectivity index (χ2n) is 3.79. The number of amides is 2. The Morgan fingerprint density at radius 1 is 1.11 bits per heavy atom. The van der Waals surface area contributed by atoms with E-state index in [1.807, 2.05) is 0 Å². The van der Waals surface area contributed by atoms with Crippen LogP contribution >= 0.6 is 0 Å². The molecule has 0 radical (unpaired) electrons. The van der Waals surface area contributed by atoms with Crippen LogP contribution in [0.1, 0.15) is 15.9 Å². The van der Waals surface area contributed by atoms with Crippen LogP contribution in [0.15, 0.2) is 24.3 Å². The molecule has 0 aromatic heterocycles. The van der Waals surface area contributed by atoms with E-state index in [-0.39, 0.29) is 5.91 Å². The van der Waals surface area contributed by atoms with Crippen LogP contribution in [0.4, 0.5) is 4.79 Å². The fourth-order valence-corrected chi connectivity index (χ4v) is 1.39. The fourth-order valence-electron chi connectivity index (χ4n) is 1.39. The minimum atomic E-state index is -0.485. The number of methoxy groups -OCH3 is 2. The Labute approximate surface area is 112 Å². The zero-order valence-electron chi connectivity index (χ0n) is 11.1. The molecule has 6 heteroatoms. The molecule has 0 aliphatic carbocycles. The molecule has 1 aromatic carbocycles. The largest absolute Gasteiger partial charge is 0.453 e. The lowest BCUT2D eigenvalue weighted by molar-refractivity contribution is 0.0937. The summed E-state index contributed by atoms with van der Waals surface area (Å²) in [7, 11) is 2.89. The van der Waals surface area contributed by atoms with Gasteiger partial charge in [-0.15, -0.1) is 0 Å². The molecule has 0 heterocycles. The number of rotatable bonds is 6. The lowest BCUT2D eigenvalue weighted by atomic mass is 10.1. The predicted octanol–water partition coefficient (Wildman–Crippen LogP) is 0.919. The Morgan fingerprint density at radius 3 is 2.37 bits per heavy atom. The summed E-state index contributed by atoms with van der Waals surface area (Å²) in [6, 6.07) is 6.97. The number of hydrogen-bond donors (Lipinski definition) is 2. The van der Waals surface area contributed by atoms with Crippen LogP contribution in [0.25, 0.3) is 0 Å². The van der Waals surface area contributed by atoms with E-state index in [2.05, 4.69) is 15.4 Å². The number of carbonyl (C=O) groups excluding carboxylic acids is 2. The molecule has 0 aliphatic heterocycles. The molecule has 0 saturated heterocycles. The van der Waals surface area contributed by atoms with E-state index in [4.69, 9.17) is 4.74 Å². The van der Waals surface area contributed by atoms with E-state index in [9.17, 15) is 9.59 Å². The highest BCUT2D eigenvalue weighted by Gasteiger charge is 2.05. The molecule has 1 aromatic rings. The Balaban J connectivity index is 2.46. The first-order valence-electron chi connectivity index (χ1n) is 5.85. The molecule has 2 amide bonds. The van der Waals surface area contributed by atoms with Gasteiger partial charge in [0.25, 0.3) is 5.91 Å². The highest BCUT2D eigenvalue weighted by atomic mass is 16.5. The third-order valence-electron chi connectivity index (χ3n) is 2.43. The van der Waals surface area contributed by atoms with E-state index < -0.39 is 6.09 Å². The molecule has 0 atom stereocenters. The summed E-state index contributed by atoms with van der Waals surface area (Å²) >= 11 is 0. The number of ether oxygens (including phenoxy) is 2. The summed E-state index contributed by atoms with van der Waals surface area (Å²) in [5, 5.41) is 5.29. The third kappa shape index (κ3) is 5.39. The third-order valence-corrected chi connectivity index (χ3v) is 2.43. The van der Waals surface area contributed by atoms with E-state index in [1.165, 1.54) is 7.11 Å². The summed E-state index contributed by atoms with van der Waals surface area (Å²) < 4.78 is 9.31. The minimum Gasteiger partial charge on any atom is -0.453 e. The molecule has 0 fully saturated rings. The number of alkyl carbamates (subject to hydrolysis) is 1. The topological polar surface area (TPSA) is 76.7 Å². The standard InChI is InChI=1S/C13H18N2O4/c1-18-8-7-14-12(16)11-5-3-10(4-6-11)9-15-13(17)19-2/h3-6H,7-9H2,1-2H3,(H,14,16)(H,15,17). The van der Waals surface area contributed by atoms with Crippen molar-refractivity contribution in [3.05, 3.63) is 35.4 Å². The quantitative estimate of drug-likeness (QED) is 0.751. The van der Waals surface area contributed by atoms with Crippen molar-refractivity contribution in [1.29, 1.82) is 0 Å². The van der Waals surface area contributed by atoms with Gasteiger partial charge in [0.05, 0.1) is 13.7 Å². The van der Waals surface area contributed by atoms with Crippen molar-refractivity contribution >= 4 is 12.0 Å². The first-order valence-corrected chi connectivity index (χ1v) is 5.85. The van der Waals surface area contributed by atoms with Crippen LogP contribution in [-0.2, 0) is 16.0 Å². The average molecular weight is 266 g/mol. The number of carbonyl (C=O) groups is 2. The zero-order valence-corrected chi connectivity index (χ0v) is 11.1. The van der Waals surface area contributed by atoms with Crippen molar-refractivity contribution < 1.29 is 19.1 Å². The van der Waals surface area contributed by atoms with Gasteiger partial charge in [-0.3, -0.25) is 4.79 Å². The lowest BCUT2D eigenvalue weighted by Crippen LogP contribution is -2.27. The van der Waals surface area contributed by atoms with Crippen molar-refractivity contribution in [2.24, 2.45) is 0 Å². The fraction of sp³-hybridized carbons (Fsp3) is 0.385. The molecule has 0 spiro atoms.